The van der Waals surface area contributed by atoms with Crippen molar-refractivity contribution in [2.45, 2.75) is 27.2 Å². The first-order valence-electron chi connectivity index (χ1n) is 6.06. The molecule has 1 aromatic carbocycles. The van der Waals surface area contributed by atoms with Gasteiger partial charge in [-0.25, -0.2) is 8.78 Å². The molecular weight excluding hydrogens is 252 g/mol. The van der Waals surface area contributed by atoms with Crippen molar-refractivity contribution in [1.29, 1.82) is 0 Å². The first-order valence-corrected chi connectivity index (χ1v) is 6.06. The summed E-state index contributed by atoms with van der Waals surface area (Å²) >= 11 is 0. The molecule has 1 amide bonds. The minimum Gasteiger partial charge on any atom is -0.305 e. The van der Waals surface area contributed by atoms with Crippen LogP contribution in [0, 0.1) is 17.0 Å². The number of anilines is 1. The smallest absolute Gasteiger partial charge is 0.299 e. The Morgan fingerprint density at radius 3 is 2.37 bits per heavy atom. The van der Waals surface area contributed by atoms with Crippen molar-refractivity contribution >= 4 is 17.4 Å². The van der Waals surface area contributed by atoms with Crippen molar-refractivity contribution in [2.24, 2.45) is 5.41 Å². The van der Waals surface area contributed by atoms with E-state index in [0.717, 1.165) is 11.0 Å². The summed E-state index contributed by atoms with van der Waals surface area (Å²) in [6.45, 7) is 6.23. The molecule has 0 aliphatic carbocycles. The highest BCUT2D eigenvalue weighted by atomic mass is 19.1. The third kappa shape index (κ3) is 2.50. The monoisotopic (exact) mass is 267 g/mol. The van der Waals surface area contributed by atoms with E-state index in [1.54, 1.807) is 0 Å². The molecule has 0 saturated heterocycles. The van der Waals surface area contributed by atoms with Crippen LogP contribution >= 0.6 is 0 Å². The van der Waals surface area contributed by atoms with E-state index in [4.69, 9.17) is 0 Å². The van der Waals surface area contributed by atoms with Crippen LogP contribution in [0.5, 0.6) is 0 Å². The van der Waals surface area contributed by atoms with Gasteiger partial charge < -0.3 is 4.90 Å². The number of hydrogen-bond acceptors (Lipinski definition) is 2. The van der Waals surface area contributed by atoms with Gasteiger partial charge >= 0.3 is 0 Å². The van der Waals surface area contributed by atoms with Crippen LogP contribution in [0.2, 0.25) is 0 Å². The molecule has 0 unspecified atom stereocenters. The Morgan fingerprint density at radius 1 is 1.16 bits per heavy atom. The first-order chi connectivity index (χ1) is 8.70. The number of halogens is 2. The van der Waals surface area contributed by atoms with Crippen molar-refractivity contribution in [1.82, 2.24) is 0 Å². The lowest BCUT2D eigenvalue weighted by Crippen LogP contribution is -2.32. The maximum atomic E-state index is 13.6. The summed E-state index contributed by atoms with van der Waals surface area (Å²) in [6, 6.07) is 1.65. The summed E-state index contributed by atoms with van der Waals surface area (Å²) in [5, 5.41) is 0. The van der Waals surface area contributed by atoms with Gasteiger partial charge in [0.2, 0.25) is 0 Å². The van der Waals surface area contributed by atoms with Crippen LogP contribution in [0.4, 0.5) is 14.5 Å². The van der Waals surface area contributed by atoms with Crippen LogP contribution in [0.3, 0.4) is 0 Å². The van der Waals surface area contributed by atoms with Gasteiger partial charge in [0, 0.05) is 12.6 Å². The summed E-state index contributed by atoms with van der Waals surface area (Å²) in [7, 11) is 0. The SMILES string of the molecule is CC(C)(C)CCN1C(=O)C(=O)c2c(F)cc(F)cc21. The molecule has 0 N–H and O–H groups in total. The zero-order valence-electron chi connectivity index (χ0n) is 11.1. The van der Waals surface area contributed by atoms with Crippen LogP contribution in [0.1, 0.15) is 37.6 Å². The number of carbonyl (C=O) groups excluding carboxylic acids is 2. The van der Waals surface area contributed by atoms with Gasteiger partial charge in [-0.1, -0.05) is 20.8 Å². The average molecular weight is 267 g/mol. The third-order valence-corrected chi connectivity index (χ3v) is 3.08. The van der Waals surface area contributed by atoms with Crippen LogP contribution in [-0.2, 0) is 4.79 Å². The van der Waals surface area contributed by atoms with Gasteiger partial charge in [-0.05, 0) is 17.9 Å². The molecule has 19 heavy (non-hydrogen) atoms. The lowest BCUT2D eigenvalue weighted by Gasteiger charge is -2.23. The fraction of sp³-hybridized carbons (Fsp3) is 0.429. The van der Waals surface area contributed by atoms with Gasteiger partial charge in [-0.2, -0.15) is 0 Å². The van der Waals surface area contributed by atoms with E-state index in [-0.39, 0.29) is 23.2 Å². The molecule has 2 rings (SSSR count). The number of ketones is 1. The molecule has 1 aliphatic heterocycles. The maximum Gasteiger partial charge on any atom is 0.299 e. The molecule has 1 aromatic rings. The van der Waals surface area contributed by atoms with E-state index in [2.05, 4.69) is 0 Å². The summed E-state index contributed by atoms with van der Waals surface area (Å²) in [5.74, 6) is -3.46. The zero-order chi connectivity index (χ0) is 14.4. The maximum absolute atomic E-state index is 13.6. The number of amides is 1. The Labute approximate surface area is 110 Å². The van der Waals surface area contributed by atoms with Crippen LogP contribution < -0.4 is 4.90 Å². The van der Waals surface area contributed by atoms with Gasteiger partial charge in [0.1, 0.15) is 11.6 Å². The molecule has 1 aliphatic rings. The highest BCUT2D eigenvalue weighted by Gasteiger charge is 2.38. The van der Waals surface area contributed by atoms with Gasteiger partial charge in [-0.3, -0.25) is 9.59 Å². The normalized spacial score (nSPS) is 15.1. The second kappa shape index (κ2) is 4.40. The van der Waals surface area contributed by atoms with Crippen molar-refractivity contribution in [3.05, 3.63) is 29.3 Å². The molecule has 0 saturated carbocycles. The minimum atomic E-state index is -0.980. The minimum absolute atomic E-state index is 0.0387. The van der Waals surface area contributed by atoms with Gasteiger partial charge in [-0.15, -0.1) is 0 Å². The summed E-state index contributed by atoms with van der Waals surface area (Å²) < 4.78 is 26.8. The van der Waals surface area contributed by atoms with E-state index < -0.39 is 23.3 Å². The highest BCUT2D eigenvalue weighted by molar-refractivity contribution is 6.52. The lowest BCUT2D eigenvalue weighted by atomic mass is 9.92. The molecule has 3 nitrogen and oxygen atoms in total. The molecule has 0 fully saturated rings. The molecule has 5 heteroatoms. The lowest BCUT2D eigenvalue weighted by molar-refractivity contribution is -0.114. The predicted molar refractivity (Wildman–Crippen MR) is 67.1 cm³/mol. The van der Waals surface area contributed by atoms with E-state index >= 15 is 0 Å². The van der Waals surface area contributed by atoms with Gasteiger partial charge in [0.05, 0.1) is 11.3 Å². The predicted octanol–water partition coefficient (Wildman–Crippen LogP) is 2.93. The number of hydrogen-bond donors (Lipinski definition) is 0. The Hall–Kier alpha value is -1.78. The molecule has 1 heterocycles. The fourth-order valence-electron chi connectivity index (χ4n) is 2.01. The van der Waals surface area contributed by atoms with Crippen LogP contribution in [0.15, 0.2) is 12.1 Å². The van der Waals surface area contributed by atoms with E-state index in [1.165, 1.54) is 0 Å². The molecule has 0 radical (unpaired) electrons. The van der Waals surface area contributed by atoms with E-state index in [9.17, 15) is 18.4 Å². The third-order valence-electron chi connectivity index (χ3n) is 3.08. The number of fused-ring (bicyclic) bond motifs is 1. The second-order valence-corrected chi connectivity index (χ2v) is 5.88. The molecule has 0 spiro atoms. The first kappa shape index (κ1) is 13.6. The molecule has 0 bridgehead atoms. The van der Waals surface area contributed by atoms with Gasteiger partial charge in [0.25, 0.3) is 11.7 Å². The van der Waals surface area contributed by atoms with Crippen molar-refractivity contribution in [3.8, 4) is 0 Å². The molecule has 0 atom stereocenters. The zero-order valence-corrected chi connectivity index (χ0v) is 11.1. The van der Waals surface area contributed by atoms with Gasteiger partial charge in [0.15, 0.2) is 0 Å². The molecular formula is C14H15F2NO2. The number of nitrogens with zero attached hydrogens (tertiary/aromatic N) is 1. The Kier molecular flexibility index (Phi) is 3.16. The van der Waals surface area contributed by atoms with Crippen molar-refractivity contribution in [3.63, 3.8) is 0 Å². The van der Waals surface area contributed by atoms with Crippen molar-refractivity contribution in [2.75, 3.05) is 11.4 Å². The quantitative estimate of drug-likeness (QED) is 0.773. The summed E-state index contributed by atoms with van der Waals surface area (Å²) in [6.07, 6.45) is 0.629. The van der Waals surface area contributed by atoms with Crippen molar-refractivity contribution < 1.29 is 18.4 Å². The molecule has 0 aromatic heterocycles. The Bertz CT molecular complexity index is 561. The average Bonchev–Trinajstić information content (AvgIpc) is 2.48. The van der Waals surface area contributed by atoms with E-state index in [1.807, 2.05) is 20.8 Å². The summed E-state index contributed by atoms with van der Waals surface area (Å²) in [5.41, 5.74) is -0.324. The largest absolute Gasteiger partial charge is 0.305 e. The standard InChI is InChI=1S/C14H15F2NO2/c1-14(2,3)4-5-17-10-7-8(15)6-9(16)11(10)12(18)13(17)19/h6-7H,4-5H2,1-3H3. The molecule has 102 valence electrons. The number of benzene rings is 1. The Morgan fingerprint density at radius 2 is 1.79 bits per heavy atom. The van der Waals surface area contributed by atoms with Crippen LogP contribution in [0.25, 0.3) is 0 Å². The number of carbonyl (C=O) groups is 2. The fourth-order valence-corrected chi connectivity index (χ4v) is 2.01. The Balaban J connectivity index is 2.39. The topological polar surface area (TPSA) is 37.4 Å². The highest BCUT2D eigenvalue weighted by Crippen LogP contribution is 2.33. The second-order valence-electron chi connectivity index (χ2n) is 5.88. The number of Topliss-reactive ketones (excluding diaryl/α,β-unsaturated/α-hetero) is 1. The van der Waals surface area contributed by atoms with E-state index in [0.29, 0.717) is 12.5 Å². The van der Waals surface area contributed by atoms with Crippen LogP contribution in [-0.4, -0.2) is 18.2 Å². The number of rotatable bonds is 2. The summed E-state index contributed by atoms with van der Waals surface area (Å²) in [4.78, 5) is 24.7.